The molecule has 2 aliphatic heterocycles. The first-order valence-corrected chi connectivity index (χ1v) is 8.06. The lowest BCUT2D eigenvalue weighted by Crippen LogP contribution is -2.44. The van der Waals surface area contributed by atoms with Gasteiger partial charge in [-0.2, -0.15) is 0 Å². The van der Waals surface area contributed by atoms with Gasteiger partial charge in [-0.3, -0.25) is 0 Å². The summed E-state index contributed by atoms with van der Waals surface area (Å²) < 4.78 is 12.0. The van der Waals surface area contributed by atoms with E-state index in [1.807, 2.05) is 0 Å². The lowest BCUT2D eigenvalue weighted by atomic mass is 9.77. The van der Waals surface area contributed by atoms with Gasteiger partial charge in [-0.25, -0.2) is 0 Å². The molecule has 0 radical (unpaired) electrons. The quantitative estimate of drug-likeness (QED) is 0.831. The summed E-state index contributed by atoms with van der Waals surface area (Å²) in [6.45, 7) is 7.44. The van der Waals surface area contributed by atoms with E-state index in [-0.39, 0.29) is 5.60 Å². The van der Waals surface area contributed by atoms with Crippen molar-refractivity contribution >= 4 is 0 Å². The molecular formula is C16H29NO2. The molecule has 0 spiro atoms. The molecule has 3 aliphatic rings. The number of hydrogen-bond acceptors (Lipinski definition) is 3. The number of ether oxygens (including phenoxy) is 2. The number of nitrogens with one attached hydrogen (secondary N) is 1. The van der Waals surface area contributed by atoms with Crippen LogP contribution in [0.25, 0.3) is 0 Å². The van der Waals surface area contributed by atoms with Crippen LogP contribution in [0, 0.1) is 5.41 Å². The molecule has 2 atom stereocenters. The van der Waals surface area contributed by atoms with Crippen molar-refractivity contribution in [3.05, 3.63) is 0 Å². The SMILES string of the molecule is CC1(C)CCC(CC2(CNC3CC3)CCCOC2)O1. The van der Waals surface area contributed by atoms with E-state index in [2.05, 4.69) is 19.2 Å². The van der Waals surface area contributed by atoms with Gasteiger partial charge >= 0.3 is 0 Å². The molecule has 2 heterocycles. The minimum atomic E-state index is 0.0886. The predicted molar refractivity (Wildman–Crippen MR) is 76.3 cm³/mol. The second kappa shape index (κ2) is 5.34. The third kappa shape index (κ3) is 3.71. The highest BCUT2D eigenvalue weighted by atomic mass is 16.5. The molecule has 3 nitrogen and oxygen atoms in total. The molecule has 2 unspecified atom stereocenters. The van der Waals surface area contributed by atoms with Crippen molar-refractivity contribution in [3.63, 3.8) is 0 Å². The van der Waals surface area contributed by atoms with Gasteiger partial charge in [0.1, 0.15) is 0 Å². The predicted octanol–water partition coefficient (Wildman–Crippen LogP) is 2.88. The molecule has 19 heavy (non-hydrogen) atoms. The zero-order chi connectivity index (χ0) is 13.3. The van der Waals surface area contributed by atoms with Crippen molar-refractivity contribution in [1.82, 2.24) is 5.32 Å². The Balaban J connectivity index is 1.58. The molecule has 1 N–H and O–H groups in total. The summed E-state index contributed by atoms with van der Waals surface area (Å²) >= 11 is 0. The van der Waals surface area contributed by atoms with Crippen LogP contribution >= 0.6 is 0 Å². The van der Waals surface area contributed by atoms with Crippen LogP contribution in [-0.4, -0.2) is 37.5 Å². The van der Waals surface area contributed by atoms with Crippen LogP contribution in [0.3, 0.4) is 0 Å². The maximum Gasteiger partial charge on any atom is 0.0631 e. The van der Waals surface area contributed by atoms with E-state index in [4.69, 9.17) is 9.47 Å². The van der Waals surface area contributed by atoms with Crippen molar-refractivity contribution < 1.29 is 9.47 Å². The number of rotatable bonds is 5. The molecule has 2 saturated heterocycles. The maximum atomic E-state index is 6.22. The average molecular weight is 267 g/mol. The monoisotopic (exact) mass is 267 g/mol. The fourth-order valence-corrected chi connectivity index (χ4v) is 3.64. The molecule has 0 aromatic heterocycles. The van der Waals surface area contributed by atoms with Gasteiger partial charge in [0.2, 0.25) is 0 Å². The first-order valence-electron chi connectivity index (χ1n) is 8.06. The van der Waals surface area contributed by atoms with E-state index in [0.717, 1.165) is 25.8 Å². The van der Waals surface area contributed by atoms with E-state index in [9.17, 15) is 0 Å². The first kappa shape index (κ1) is 13.8. The standard InChI is InChI=1S/C16H29NO2/c1-15(2)8-6-14(19-15)10-16(7-3-9-18-12-16)11-17-13-4-5-13/h13-14,17H,3-12H2,1-2H3. The Bertz CT molecular complexity index is 306. The molecule has 3 heteroatoms. The van der Waals surface area contributed by atoms with Crippen LogP contribution in [0.1, 0.15) is 58.8 Å². The van der Waals surface area contributed by atoms with Gasteiger partial charge < -0.3 is 14.8 Å². The molecule has 0 bridgehead atoms. The van der Waals surface area contributed by atoms with Crippen LogP contribution in [0.2, 0.25) is 0 Å². The summed E-state index contributed by atoms with van der Waals surface area (Å²) in [5.41, 5.74) is 0.414. The Morgan fingerprint density at radius 3 is 2.58 bits per heavy atom. The van der Waals surface area contributed by atoms with Crippen molar-refractivity contribution in [1.29, 1.82) is 0 Å². The lowest BCUT2D eigenvalue weighted by Gasteiger charge is -2.39. The van der Waals surface area contributed by atoms with Gasteiger partial charge in [-0.05, 0) is 58.8 Å². The lowest BCUT2D eigenvalue weighted by molar-refractivity contribution is -0.0694. The molecule has 110 valence electrons. The van der Waals surface area contributed by atoms with Crippen LogP contribution in [0.4, 0.5) is 0 Å². The van der Waals surface area contributed by atoms with Crippen LogP contribution < -0.4 is 5.32 Å². The summed E-state index contributed by atoms with van der Waals surface area (Å²) in [6, 6.07) is 0.791. The molecule has 1 saturated carbocycles. The second-order valence-corrected chi connectivity index (χ2v) is 7.55. The summed E-state index contributed by atoms with van der Waals surface area (Å²) in [6.07, 6.45) is 9.28. The summed E-state index contributed by atoms with van der Waals surface area (Å²) in [7, 11) is 0. The third-order valence-electron chi connectivity index (χ3n) is 4.96. The summed E-state index contributed by atoms with van der Waals surface area (Å²) in [4.78, 5) is 0. The minimum Gasteiger partial charge on any atom is -0.381 e. The van der Waals surface area contributed by atoms with Gasteiger partial charge in [-0.15, -0.1) is 0 Å². The summed E-state index contributed by atoms with van der Waals surface area (Å²) in [5.74, 6) is 0. The van der Waals surface area contributed by atoms with Crippen LogP contribution in [0.15, 0.2) is 0 Å². The van der Waals surface area contributed by atoms with Crippen molar-refractivity contribution in [3.8, 4) is 0 Å². The van der Waals surface area contributed by atoms with E-state index >= 15 is 0 Å². The van der Waals surface area contributed by atoms with Gasteiger partial charge in [-0.1, -0.05) is 0 Å². The van der Waals surface area contributed by atoms with E-state index < -0.39 is 0 Å². The largest absolute Gasteiger partial charge is 0.381 e. The molecule has 0 amide bonds. The van der Waals surface area contributed by atoms with E-state index in [1.165, 1.54) is 44.9 Å². The fourth-order valence-electron chi connectivity index (χ4n) is 3.64. The third-order valence-corrected chi connectivity index (χ3v) is 4.96. The smallest absolute Gasteiger partial charge is 0.0631 e. The van der Waals surface area contributed by atoms with Gasteiger partial charge in [0.05, 0.1) is 18.3 Å². The highest BCUT2D eigenvalue weighted by Gasteiger charge is 2.41. The molecule has 0 aromatic rings. The Morgan fingerprint density at radius 2 is 2.00 bits per heavy atom. The van der Waals surface area contributed by atoms with Gasteiger partial charge in [0.15, 0.2) is 0 Å². The van der Waals surface area contributed by atoms with Crippen molar-refractivity contribution in [2.24, 2.45) is 5.41 Å². The van der Waals surface area contributed by atoms with Gasteiger partial charge in [0, 0.05) is 24.6 Å². The Kier molecular flexibility index (Phi) is 3.89. The molecule has 0 aromatic carbocycles. The van der Waals surface area contributed by atoms with E-state index in [1.54, 1.807) is 0 Å². The van der Waals surface area contributed by atoms with Gasteiger partial charge in [0.25, 0.3) is 0 Å². The van der Waals surface area contributed by atoms with Crippen LogP contribution in [0.5, 0.6) is 0 Å². The molecule has 3 fully saturated rings. The van der Waals surface area contributed by atoms with E-state index in [0.29, 0.717) is 11.5 Å². The zero-order valence-corrected chi connectivity index (χ0v) is 12.5. The highest BCUT2D eigenvalue weighted by Crippen LogP contribution is 2.40. The normalized spacial score (nSPS) is 38.5. The topological polar surface area (TPSA) is 30.5 Å². The zero-order valence-electron chi connectivity index (χ0n) is 12.5. The summed E-state index contributed by atoms with van der Waals surface area (Å²) in [5, 5.41) is 3.73. The Labute approximate surface area is 117 Å². The second-order valence-electron chi connectivity index (χ2n) is 7.55. The van der Waals surface area contributed by atoms with Crippen molar-refractivity contribution in [2.75, 3.05) is 19.8 Å². The molecular weight excluding hydrogens is 238 g/mol. The first-order chi connectivity index (χ1) is 9.07. The minimum absolute atomic E-state index is 0.0886. The molecule has 1 aliphatic carbocycles. The van der Waals surface area contributed by atoms with Crippen LogP contribution in [-0.2, 0) is 9.47 Å². The van der Waals surface area contributed by atoms with Crippen molar-refractivity contribution in [2.45, 2.75) is 76.5 Å². The Hall–Kier alpha value is -0.120. The average Bonchev–Trinajstić information content (AvgIpc) is 3.14. The number of hydrogen-bond donors (Lipinski definition) is 1. The maximum absolute atomic E-state index is 6.22. The highest BCUT2D eigenvalue weighted by molar-refractivity contribution is 4.93. The Morgan fingerprint density at radius 1 is 1.16 bits per heavy atom. The fraction of sp³-hybridized carbons (Fsp3) is 1.00. The molecule has 3 rings (SSSR count).